The van der Waals surface area contributed by atoms with E-state index in [-0.39, 0.29) is 6.10 Å². The minimum atomic E-state index is -0.220. The Hall–Kier alpha value is -1.02. The van der Waals surface area contributed by atoms with E-state index in [1.165, 1.54) is 44.1 Å². The fourth-order valence-corrected chi connectivity index (χ4v) is 2.66. The summed E-state index contributed by atoms with van der Waals surface area (Å²) in [6.07, 6.45) is 9.66. The van der Waals surface area contributed by atoms with E-state index in [2.05, 4.69) is 24.3 Å². The van der Waals surface area contributed by atoms with Crippen LogP contribution >= 0.6 is 0 Å². The van der Waals surface area contributed by atoms with Crippen molar-refractivity contribution < 1.29 is 9.84 Å². The monoisotopic (exact) mass is 262 g/mol. The lowest BCUT2D eigenvalue weighted by atomic mass is 10.1. The first-order valence-electron chi connectivity index (χ1n) is 7.68. The maximum atomic E-state index is 9.29. The number of aliphatic hydroxyl groups is 1. The van der Waals surface area contributed by atoms with Crippen molar-refractivity contribution in [3.63, 3.8) is 0 Å². The maximum absolute atomic E-state index is 9.29. The van der Waals surface area contributed by atoms with Gasteiger partial charge >= 0.3 is 0 Å². The lowest BCUT2D eigenvalue weighted by molar-refractivity contribution is 0.183. The number of benzene rings is 1. The molecule has 0 aromatic heterocycles. The van der Waals surface area contributed by atoms with Crippen molar-refractivity contribution >= 4 is 0 Å². The Balaban J connectivity index is 1.83. The maximum Gasteiger partial charge on any atom is 0.119 e. The van der Waals surface area contributed by atoms with Crippen LogP contribution < -0.4 is 4.74 Å². The average molecular weight is 262 g/mol. The standard InChI is InChI=1S/C17H26O2/c1-14(18)8-9-15-10-12-17(13-11-15)19-16-6-4-2-3-5-7-16/h10-14,16,18H,2-9H2,1H3. The van der Waals surface area contributed by atoms with Crippen LogP contribution in [0.3, 0.4) is 0 Å². The zero-order valence-electron chi connectivity index (χ0n) is 12.0. The van der Waals surface area contributed by atoms with Gasteiger partial charge in [-0.2, -0.15) is 0 Å². The zero-order valence-corrected chi connectivity index (χ0v) is 12.0. The minimum Gasteiger partial charge on any atom is -0.490 e. The minimum absolute atomic E-state index is 0.220. The van der Waals surface area contributed by atoms with Crippen molar-refractivity contribution in [2.24, 2.45) is 0 Å². The van der Waals surface area contributed by atoms with Crippen LogP contribution in [0.5, 0.6) is 5.75 Å². The summed E-state index contributed by atoms with van der Waals surface area (Å²) >= 11 is 0. The highest BCUT2D eigenvalue weighted by Crippen LogP contribution is 2.23. The van der Waals surface area contributed by atoms with Crippen molar-refractivity contribution in [1.29, 1.82) is 0 Å². The third-order valence-electron chi connectivity index (χ3n) is 3.88. The smallest absolute Gasteiger partial charge is 0.119 e. The first-order valence-corrected chi connectivity index (χ1v) is 7.68. The van der Waals surface area contributed by atoms with Crippen molar-refractivity contribution in [2.45, 2.75) is 70.5 Å². The van der Waals surface area contributed by atoms with E-state index in [0.29, 0.717) is 6.10 Å². The average Bonchev–Trinajstić information content (AvgIpc) is 2.66. The summed E-state index contributed by atoms with van der Waals surface area (Å²) in [6.45, 7) is 1.84. The highest BCUT2D eigenvalue weighted by atomic mass is 16.5. The summed E-state index contributed by atoms with van der Waals surface area (Å²) in [4.78, 5) is 0. The topological polar surface area (TPSA) is 29.5 Å². The Labute approximate surface area is 116 Å². The molecule has 2 rings (SSSR count). The Morgan fingerprint density at radius 1 is 1.11 bits per heavy atom. The summed E-state index contributed by atoms with van der Waals surface area (Å²) in [6, 6.07) is 8.38. The molecule has 1 unspecified atom stereocenters. The van der Waals surface area contributed by atoms with Crippen LogP contribution in [0.4, 0.5) is 0 Å². The molecule has 1 atom stereocenters. The second-order valence-electron chi connectivity index (χ2n) is 5.76. The van der Waals surface area contributed by atoms with Crippen LogP contribution in [0.15, 0.2) is 24.3 Å². The third kappa shape index (κ3) is 5.23. The van der Waals surface area contributed by atoms with E-state index in [0.717, 1.165) is 18.6 Å². The molecule has 0 bridgehead atoms. The molecule has 0 aliphatic heterocycles. The predicted molar refractivity (Wildman–Crippen MR) is 78.6 cm³/mol. The van der Waals surface area contributed by atoms with Gasteiger partial charge in [-0.05, 0) is 63.1 Å². The highest BCUT2D eigenvalue weighted by molar-refractivity contribution is 5.27. The molecule has 1 aliphatic carbocycles. The van der Waals surface area contributed by atoms with Gasteiger partial charge in [0.1, 0.15) is 5.75 Å². The first-order chi connectivity index (χ1) is 9.24. The van der Waals surface area contributed by atoms with Gasteiger partial charge in [-0.1, -0.05) is 25.0 Å². The van der Waals surface area contributed by atoms with E-state index >= 15 is 0 Å². The van der Waals surface area contributed by atoms with Gasteiger partial charge in [-0.25, -0.2) is 0 Å². The normalized spacial score (nSPS) is 18.8. The quantitative estimate of drug-likeness (QED) is 0.809. The largest absolute Gasteiger partial charge is 0.490 e. The Kier molecular flexibility index (Phi) is 5.71. The van der Waals surface area contributed by atoms with Crippen molar-refractivity contribution in [2.75, 3.05) is 0 Å². The lowest BCUT2D eigenvalue weighted by Gasteiger charge is -2.17. The Bertz CT molecular complexity index is 348. The highest BCUT2D eigenvalue weighted by Gasteiger charge is 2.13. The molecule has 1 aliphatic rings. The molecule has 0 spiro atoms. The second kappa shape index (κ2) is 7.54. The first kappa shape index (κ1) is 14.4. The number of hydrogen-bond acceptors (Lipinski definition) is 2. The van der Waals surface area contributed by atoms with Crippen LogP contribution in [0, 0.1) is 0 Å². The van der Waals surface area contributed by atoms with Gasteiger partial charge in [0.05, 0.1) is 12.2 Å². The second-order valence-corrected chi connectivity index (χ2v) is 5.76. The molecular weight excluding hydrogens is 236 g/mol. The molecule has 106 valence electrons. The van der Waals surface area contributed by atoms with Crippen LogP contribution in [0.1, 0.15) is 57.4 Å². The molecule has 1 aromatic carbocycles. The molecule has 0 saturated heterocycles. The van der Waals surface area contributed by atoms with Gasteiger partial charge in [-0.15, -0.1) is 0 Å². The molecule has 1 saturated carbocycles. The van der Waals surface area contributed by atoms with Gasteiger partial charge in [0.2, 0.25) is 0 Å². The summed E-state index contributed by atoms with van der Waals surface area (Å²) in [5.74, 6) is 0.993. The number of hydrogen-bond donors (Lipinski definition) is 1. The number of aliphatic hydroxyl groups excluding tert-OH is 1. The predicted octanol–water partition coefficient (Wildman–Crippen LogP) is 4.10. The van der Waals surface area contributed by atoms with Gasteiger partial charge < -0.3 is 9.84 Å². The van der Waals surface area contributed by atoms with Crippen LogP contribution in [-0.4, -0.2) is 17.3 Å². The van der Waals surface area contributed by atoms with Gasteiger partial charge in [0.25, 0.3) is 0 Å². The van der Waals surface area contributed by atoms with E-state index in [4.69, 9.17) is 4.74 Å². The molecule has 0 amide bonds. The molecular formula is C17H26O2. The lowest BCUT2D eigenvalue weighted by Crippen LogP contribution is -2.14. The summed E-state index contributed by atoms with van der Waals surface area (Å²) in [5, 5.41) is 9.29. The Morgan fingerprint density at radius 3 is 2.32 bits per heavy atom. The fraction of sp³-hybridized carbons (Fsp3) is 0.647. The zero-order chi connectivity index (χ0) is 13.5. The molecule has 1 aromatic rings. The molecule has 1 fully saturated rings. The van der Waals surface area contributed by atoms with Gasteiger partial charge in [0.15, 0.2) is 0 Å². The van der Waals surface area contributed by atoms with Gasteiger partial charge in [-0.3, -0.25) is 0 Å². The molecule has 1 N–H and O–H groups in total. The molecule has 2 nitrogen and oxygen atoms in total. The molecule has 0 heterocycles. The van der Waals surface area contributed by atoms with Crippen molar-refractivity contribution in [1.82, 2.24) is 0 Å². The van der Waals surface area contributed by atoms with Crippen LogP contribution in [-0.2, 0) is 6.42 Å². The van der Waals surface area contributed by atoms with Crippen LogP contribution in [0.25, 0.3) is 0 Å². The van der Waals surface area contributed by atoms with E-state index in [1.807, 2.05) is 6.92 Å². The summed E-state index contributed by atoms with van der Waals surface area (Å²) in [5.41, 5.74) is 1.27. The SMILES string of the molecule is CC(O)CCc1ccc(OC2CCCCCC2)cc1. The van der Waals surface area contributed by atoms with E-state index < -0.39 is 0 Å². The van der Waals surface area contributed by atoms with E-state index in [9.17, 15) is 5.11 Å². The van der Waals surface area contributed by atoms with Gasteiger partial charge in [0, 0.05) is 0 Å². The summed E-state index contributed by atoms with van der Waals surface area (Å²) in [7, 11) is 0. The molecule has 0 radical (unpaired) electrons. The number of rotatable bonds is 5. The number of ether oxygens (including phenoxy) is 1. The Morgan fingerprint density at radius 2 is 1.74 bits per heavy atom. The molecule has 19 heavy (non-hydrogen) atoms. The third-order valence-corrected chi connectivity index (χ3v) is 3.88. The van der Waals surface area contributed by atoms with Crippen molar-refractivity contribution in [3.8, 4) is 5.75 Å². The fourth-order valence-electron chi connectivity index (χ4n) is 2.66. The molecule has 2 heteroatoms. The van der Waals surface area contributed by atoms with Crippen LogP contribution in [0.2, 0.25) is 0 Å². The summed E-state index contributed by atoms with van der Waals surface area (Å²) < 4.78 is 6.07. The number of aryl methyl sites for hydroxylation is 1. The van der Waals surface area contributed by atoms with Crippen molar-refractivity contribution in [3.05, 3.63) is 29.8 Å². The van der Waals surface area contributed by atoms with E-state index in [1.54, 1.807) is 0 Å².